The minimum atomic E-state index is -0.116. The summed E-state index contributed by atoms with van der Waals surface area (Å²) in [5, 5.41) is 11.8. The molecule has 2 aromatic carbocycles. The van der Waals surface area contributed by atoms with Crippen LogP contribution in [0.2, 0.25) is 0 Å². The van der Waals surface area contributed by atoms with Crippen LogP contribution in [0.4, 0.5) is 10.5 Å². The smallest absolute Gasteiger partial charge is 0.321 e. The maximum atomic E-state index is 12.4. The summed E-state index contributed by atoms with van der Waals surface area (Å²) >= 11 is 0. The molecule has 3 rings (SSSR count). The number of rotatable bonds is 5. The summed E-state index contributed by atoms with van der Waals surface area (Å²) in [6.07, 6.45) is 0.928. The van der Waals surface area contributed by atoms with Gasteiger partial charge < -0.3 is 15.0 Å². The van der Waals surface area contributed by atoms with Crippen molar-refractivity contribution in [1.29, 1.82) is 5.26 Å². The summed E-state index contributed by atoms with van der Waals surface area (Å²) in [5.41, 5.74) is 2.39. The van der Waals surface area contributed by atoms with Gasteiger partial charge in [-0.05, 0) is 36.2 Å². The van der Waals surface area contributed by atoms with Gasteiger partial charge in [-0.2, -0.15) is 5.26 Å². The zero-order valence-corrected chi connectivity index (χ0v) is 15.5. The molecule has 0 saturated carbocycles. The molecule has 0 aromatic heterocycles. The van der Waals surface area contributed by atoms with Crippen molar-refractivity contribution in [1.82, 2.24) is 9.80 Å². The number of carbonyl (C=O) groups excluding carboxylic acids is 1. The number of benzene rings is 2. The summed E-state index contributed by atoms with van der Waals surface area (Å²) in [4.78, 5) is 16.6. The number of nitrogens with zero attached hydrogens (tertiary/aromatic N) is 3. The van der Waals surface area contributed by atoms with E-state index < -0.39 is 0 Å². The lowest BCUT2D eigenvalue weighted by atomic mass is 10.1. The number of para-hydroxylation sites is 1. The van der Waals surface area contributed by atoms with Crippen LogP contribution in [-0.2, 0) is 6.42 Å². The van der Waals surface area contributed by atoms with Crippen LogP contribution in [0.15, 0.2) is 48.5 Å². The van der Waals surface area contributed by atoms with E-state index in [9.17, 15) is 4.79 Å². The Balaban J connectivity index is 1.47. The average molecular weight is 364 g/mol. The molecule has 0 bridgehead atoms. The second-order valence-electron chi connectivity index (χ2n) is 6.51. The predicted octanol–water partition coefficient (Wildman–Crippen LogP) is 2.96. The Kier molecular flexibility index (Phi) is 6.29. The number of anilines is 1. The molecular formula is C21H24N4O2. The monoisotopic (exact) mass is 364 g/mol. The van der Waals surface area contributed by atoms with Gasteiger partial charge >= 0.3 is 6.03 Å². The van der Waals surface area contributed by atoms with Crippen molar-refractivity contribution >= 4 is 11.7 Å². The summed E-state index contributed by atoms with van der Waals surface area (Å²) in [6.45, 7) is 4.02. The number of nitriles is 1. The lowest BCUT2D eigenvalue weighted by Gasteiger charge is -2.34. The van der Waals surface area contributed by atoms with Gasteiger partial charge in [0.1, 0.15) is 5.75 Å². The maximum absolute atomic E-state index is 12.4. The standard InChI is InChI=1S/C21H24N4O2/c1-27-20-8-3-2-6-18(20)9-10-24-11-13-25(14-12-24)21(26)23-19-7-4-5-17(15-19)16-22/h2-8,15H,9-14H2,1H3,(H,23,26). The molecule has 2 amide bonds. The largest absolute Gasteiger partial charge is 0.496 e. The average Bonchev–Trinajstić information content (AvgIpc) is 2.73. The Morgan fingerprint density at radius 3 is 2.67 bits per heavy atom. The molecule has 1 heterocycles. The Morgan fingerprint density at radius 2 is 1.93 bits per heavy atom. The van der Waals surface area contributed by atoms with Gasteiger partial charge in [0, 0.05) is 38.4 Å². The highest BCUT2D eigenvalue weighted by molar-refractivity contribution is 5.89. The van der Waals surface area contributed by atoms with E-state index in [4.69, 9.17) is 10.00 Å². The van der Waals surface area contributed by atoms with Crippen molar-refractivity contribution in [2.75, 3.05) is 45.2 Å². The van der Waals surface area contributed by atoms with Crippen molar-refractivity contribution in [3.8, 4) is 11.8 Å². The highest BCUT2D eigenvalue weighted by atomic mass is 16.5. The Morgan fingerprint density at radius 1 is 1.15 bits per heavy atom. The van der Waals surface area contributed by atoms with Crippen molar-refractivity contribution in [2.45, 2.75) is 6.42 Å². The molecule has 27 heavy (non-hydrogen) atoms. The lowest BCUT2D eigenvalue weighted by Crippen LogP contribution is -2.50. The molecular weight excluding hydrogens is 340 g/mol. The van der Waals surface area contributed by atoms with Gasteiger partial charge in [-0.3, -0.25) is 4.90 Å². The molecule has 1 N–H and O–H groups in total. The fourth-order valence-electron chi connectivity index (χ4n) is 3.23. The van der Waals surface area contributed by atoms with E-state index in [1.807, 2.05) is 23.1 Å². The first-order valence-electron chi connectivity index (χ1n) is 9.10. The number of piperazine rings is 1. The van der Waals surface area contributed by atoms with E-state index in [0.29, 0.717) is 24.3 Å². The quantitative estimate of drug-likeness (QED) is 0.886. The third kappa shape index (κ3) is 4.99. The molecule has 0 unspecified atom stereocenters. The number of carbonyl (C=O) groups is 1. The zero-order chi connectivity index (χ0) is 19.1. The molecule has 6 nitrogen and oxygen atoms in total. The van der Waals surface area contributed by atoms with Crippen molar-refractivity contribution in [2.24, 2.45) is 0 Å². The number of hydrogen-bond donors (Lipinski definition) is 1. The van der Waals surface area contributed by atoms with Crippen LogP contribution in [0.3, 0.4) is 0 Å². The number of nitrogens with one attached hydrogen (secondary N) is 1. The third-order valence-corrected chi connectivity index (χ3v) is 4.79. The summed E-state index contributed by atoms with van der Waals surface area (Å²) in [5.74, 6) is 0.926. The van der Waals surface area contributed by atoms with Crippen LogP contribution in [0.25, 0.3) is 0 Å². The number of amides is 2. The van der Waals surface area contributed by atoms with Crippen molar-refractivity contribution < 1.29 is 9.53 Å². The van der Waals surface area contributed by atoms with Gasteiger partial charge in [-0.25, -0.2) is 4.79 Å². The summed E-state index contributed by atoms with van der Waals surface area (Å²) in [6, 6.07) is 17.0. The van der Waals surface area contributed by atoms with Crippen LogP contribution in [0.1, 0.15) is 11.1 Å². The van der Waals surface area contributed by atoms with Crippen LogP contribution in [0.5, 0.6) is 5.75 Å². The maximum Gasteiger partial charge on any atom is 0.321 e. The van der Waals surface area contributed by atoms with E-state index in [1.54, 1.807) is 31.4 Å². The van der Waals surface area contributed by atoms with E-state index in [-0.39, 0.29) is 6.03 Å². The van der Waals surface area contributed by atoms with E-state index >= 15 is 0 Å². The number of methoxy groups -OCH3 is 1. The first kappa shape index (κ1) is 18.7. The van der Waals surface area contributed by atoms with Crippen LogP contribution in [-0.4, -0.2) is 55.7 Å². The highest BCUT2D eigenvalue weighted by Gasteiger charge is 2.21. The highest BCUT2D eigenvalue weighted by Crippen LogP contribution is 2.18. The Hall–Kier alpha value is -3.04. The first-order valence-corrected chi connectivity index (χ1v) is 9.10. The second-order valence-corrected chi connectivity index (χ2v) is 6.51. The molecule has 0 spiro atoms. The molecule has 1 aliphatic rings. The molecule has 0 atom stereocenters. The normalized spacial score (nSPS) is 14.4. The van der Waals surface area contributed by atoms with E-state index in [2.05, 4.69) is 22.4 Å². The molecule has 0 radical (unpaired) electrons. The molecule has 1 fully saturated rings. The number of urea groups is 1. The molecule has 0 aliphatic carbocycles. The lowest BCUT2D eigenvalue weighted by molar-refractivity contribution is 0.148. The summed E-state index contributed by atoms with van der Waals surface area (Å²) in [7, 11) is 1.70. The minimum Gasteiger partial charge on any atom is -0.496 e. The number of hydrogen-bond acceptors (Lipinski definition) is 4. The van der Waals surface area contributed by atoms with E-state index in [1.165, 1.54) is 5.56 Å². The van der Waals surface area contributed by atoms with Crippen molar-refractivity contribution in [3.05, 3.63) is 59.7 Å². The third-order valence-electron chi connectivity index (χ3n) is 4.79. The van der Waals surface area contributed by atoms with Gasteiger partial charge in [0.15, 0.2) is 0 Å². The predicted molar refractivity (Wildman–Crippen MR) is 105 cm³/mol. The van der Waals surface area contributed by atoms with Gasteiger partial charge in [0.2, 0.25) is 0 Å². The molecule has 1 aliphatic heterocycles. The van der Waals surface area contributed by atoms with E-state index in [0.717, 1.165) is 31.8 Å². The molecule has 1 saturated heterocycles. The SMILES string of the molecule is COc1ccccc1CCN1CCN(C(=O)Nc2cccc(C#N)c2)CC1. The molecule has 2 aromatic rings. The molecule has 140 valence electrons. The van der Waals surface area contributed by atoms with Crippen LogP contribution < -0.4 is 10.1 Å². The number of ether oxygens (including phenoxy) is 1. The zero-order valence-electron chi connectivity index (χ0n) is 15.5. The fourth-order valence-corrected chi connectivity index (χ4v) is 3.23. The summed E-state index contributed by atoms with van der Waals surface area (Å²) < 4.78 is 5.41. The molecule has 6 heteroatoms. The minimum absolute atomic E-state index is 0.116. The van der Waals surface area contributed by atoms with Crippen LogP contribution in [0, 0.1) is 11.3 Å². The van der Waals surface area contributed by atoms with Crippen molar-refractivity contribution in [3.63, 3.8) is 0 Å². The fraction of sp³-hybridized carbons (Fsp3) is 0.333. The first-order chi connectivity index (χ1) is 13.2. The van der Waals surface area contributed by atoms with Gasteiger partial charge in [0.25, 0.3) is 0 Å². The second kappa shape index (κ2) is 9.06. The Bertz CT molecular complexity index is 823. The van der Waals surface area contributed by atoms with Gasteiger partial charge in [-0.15, -0.1) is 0 Å². The topological polar surface area (TPSA) is 68.6 Å². The van der Waals surface area contributed by atoms with Crippen LogP contribution >= 0.6 is 0 Å². The Labute approximate surface area is 160 Å². The van der Waals surface area contributed by atoms with Gasteiger partial charge in [-0.1, -0.05) is 24.3 Å². The van der Waals surface area contributed by atoms with Gasteiger partial charge in [0.05, 0.1) is 18.7 Å².